The molecule has 166 valence electrons. The average Bonchev–Trinajstić information content (AvgIpc) is 3.20. The van der Waals surface area contributed by atoms with Crippen LogP contribution in [-0.2, 0) is 11.2 Å². The first-order valence-electron chi connectivity index (χ1n) is 11.1. The molecule has 0 aliphatic heterocycles. The van der Waals surface area contributed by atoms with Crippen LogP contribution in [0, 0.1) is 5.92 Å². The Bertz CT molecular complexity index is 1020. The van der Waals surface area contributed by atoms with Crippen molar-refractivity contribution in [2.45, 2.75) is 46.0 Å². The number of H-pyrrole nitrogens is 1. The molecular weight excluding hydrogens is 388 g/mol. The number of methoxy groups -OCH3 is 2. The number of carbonyl (C=O) groups excluding carboxylic acids is 1. The molecule has 0 fully saturated rings. The van der Waals surface area contributed by atoms with Crippen molar-refractivity contribution < 1.29 is 14.3 Å². The first kappa shape index (κ1) is 22.7. The molecule has 0 aliphatic rings. The lowest BCUT2D eigenvalue weighted by molar-refractivity contribution is -0.121. The highest BCUT2D eigenvalue weighted by Crippen LogP contribution is 2.38. The van der Waals surface area contributed by atoms with Gasteiger partial charge in [0.25, 0.3) is 0 Å². The Morgan fingerprint density at radius 2 is 1.87 bits per heavy atom. The Balaban J connectivity index is 2.00. The lowest BCUT2D eigenvalue weighted by Gasteiger charge is -2.19. The molecule has 0 saturated carbocycles. The van der Waals surface area contributed by atoms with Crippen molar-refractivity contribution in [3.05, 3.63) is 59.3 Å². The Morgan fingerprint density at radius 1 is 1.10 bits per heavy atom. The molecule has 1 aromatic heterocycles. The van der Waals surface area contributed by atoms with Crippen molar-refractivity contribution in [2.75, 3.05) is 20.8 Å². The second-order valence-corrected chi connectivity index (χ2v) is 8.34. The quantitative estimate of drug-likeness (QED) is 0.458. The number of rotatable bonds is 10. The second kappa shape index (κ2) is 10.4. The predicted molar refractivity (Wildman–Crippen MR) is 126 cm³/mol. The molecule has 3 rings (SSSR count). The largest absolute Gasteiger partial charge is 0.493 e. The molecule has 0 spiro atoms. The van der Waals surface area contributed by atoms with E-state index in [0.717, 1.165) is 34.9 Å². The van der Waals surface area contributed by atoms with Crippen molar-refractivity contribution in [1.29, 1.82) is 0 Å². The standard InChI is InChI=1S/C26H34N2O3/c1-6-18-8-7-9-20-22(16-28-26(18)20)21(15-25(29)27-13-12-17(2)3)19-10-11-23(30-4)24(14-19)31-5/h7-11,14,16-17,21,28H,6,12-13,15H2,1-5H3,(H,27,29). The minimum Gasteiger partial charge on any atom is -0.493 e. The minimum absolute atomic E-state index is 0.0569. The number of aryl methyl sites for hydroxylation is 1. The summed E-state index contributed by atoms with van der Waals surface area (Å²) in [4.78, 5) is 16.3. The van der Waals surface area contributed by atoms with Gasteiger partial charge < -0.3 is 19.8 Å². The van der Waals surface area contributed by atoms with Gasteiger partial charge in [-0.1, -0.05) is 45.0 Å². The van der Waals surface area contributed by atoms with Crippen molar-refractivity contribution in [2.24, 2.45) is 5.92 Å². The Kier molecular flexibility index (Phi) is 7.61. The molecule has 1 atom stereocenters. The van der Waals surface area contributed by atoms with Crippen LogP contribution in [0.1, 0.15) is 56.2 Å². The molecule has 0 radical (unpaired) electrons. The maximum absolute atomic E-state index is 12.9. The molecule has 0 aliphatic carbocycles. The van der Waals surface area contributed by atoms with E-state index >= 15 is 0 Å². The lowest BCUT2D eigenvalue weighted by atomic mass is 9.87. The van der Waals surface area contributed by atoms with Crippen LogP contribution in [0.5, 0.6) is 11.5 Å². The summed E-state index contributed by atoms with van der Waals surface area (Å²) in [5.74, 6) is 1.86. The molecule has 1 amide bonds. The summed E-state index contributed by atoms with van der Waals surface area (Å²) in [5, 5.41) is 4.25. The highest BCUT2D eigenvalue weighted by Gasteiger charge is 2.23. The molecule has 1 unspecified atom stereocenters. The summed E-state index contributed by atoms with van der Waals surface area (Å²) >= 11 is 0. The Morgan fingerprint density at radius 3 is 2.55 bits per heavy atom. The van der Waals surface area contributed by atoms with Gasteiger partial charge >= 0.3 is 0 Å². The van der Waals surface area contributed by atoms with Gasteiger partial charge in [0.1, 0.15) is 0 Å². The summed E-state index contributed by atoms with van der Waals surface area (Å²) in [6.07, 6.45) is 4.34. The molecule has 5 nitrogen and oxygen atoms in total. The van der Waals surface area contributed by atoms with Gasteiger partial charge in [-0.25, -0.2) is 0 Å². The number of fused-ring (bicyclic) bond motifs is 1. The molecule has 1 heterocycles. The van der Waals surface area contributed by atoms with Crippen molar-refractivity contribution in [3.63, 3.8) is 0 Å². The van der Waals surface area contributed by atoms with Crippen LogP contribution in [-0.4, -0.2) is 31.7 Å². The third-order valence-corrected chi connectivity index (χ3v) is 5.83. The van der Waals surface area contributed by atoms with E-state index in [1.54, 1.807) is 14.2 Å². The fourth-order valence-corrected chi connectivity index (χ4v) is 4.06. The van der Waals surface area contributed by atoms with Gasteiger partial charge in [-0.15, -0.1) is 0 Å². The topological polar surface area (TPSA) is 63.4 Å². The zero-order valence-corrected chi connectivity index (χ0v) is 19.2. The summed E-state index contributed by atoms with van der Waals surface area (Å²) in [5.41, 5.74) is 4.57. The smallest absolute Gasteiger partial charge is 0.220 e. The lowest BCUT2D eigenvalue weighted by Crippen LogP contribution is -2.27. The van der Waals surface area contributed by atoms with E-state index in [4.69, 9.17) is 9.47 Å². The second-order valence-electron chi connectivity index (χ2n) is 8.34. The minimum atomic E-state index is -0.0975. The molecule has 2 N–H and O–H groups in total. The number of hydrogen-bond donors (Lipinski definition) is 2. The predicted octanol–water partition coefficient (Wildman–Crippen LogP) is 5.43. The number of hydrogen-bond acceptors (Lipinski definition) is 3. The van der Waals surface area contributed by atoms with Crippen LogP contribution >= 0.6 is 0 Å². The number of ether oxygens (including phenoxy) is 2. The zero-order valence-electron chi connectivity index (χ0n) is 19.2. The summed E-state index contributed by atoms with van der Waals surface area (Å²) < 4.78 is 10.9. The van der Waals surface area contributed by atoms with Gasteiger partial charge in [0.2, 0.25) is 5.91 Å². The van der Waals surface area contributed by atoms with E-state index in [2.05, 4.69) is 49.3 Å². The molecule has 2 aromatic carbocycles. The number of amides is 1. The fraction of sp³-hybridized carbons (Fsp3) is 0.423. The van der Waals surface area contributed by atoms with Gasteiger partial charge in [0.15, 0.2) is 11.5 Å². The molecular formula is C26H34N2O3. The van der Waals surface area contributed by atoms with Gasteiger partial charge in [0, 0.05) is 36.0 Å². The van der Waals surface area contributed by atoms with E-state index in [9.17, 15) is 4.79 Å². The maximum atomic E-state index is 12.9. The first-order chi connectivity index (χ1) is 15.0. The molecule has 5 heteroatoms. The Hall–Kier alpha value is -2.95. The van der Waals surface area contributed by atoms with Crippen LogP contribution in [0.25, 0.3) is 10.9 Å². The van der Waals surface area contributed by atoms with E-state index in [0.29, 0.717) is 30.4 Å². The SMILES string of the molecule is CCc1cccc2c(C(CC(=O)NCCC(C)C)c3ccc(OC)c(OC)c3)c[nH]c12. The number of aromatic nitrogens is 1. The normalized spacial score (nSPS) is 12.2. The highest BCUT2D eigenvalue weighted by atomic mass is 16.5. The van der Waals surface area contributed by atoms with Gasteiger partial charge in [-0.05, 0) is 47.6 Å². The van der Waals surface area contributed by atoms with E-state index < -0.39 is 0 Å². The van der Waals surface area contributed by atoms with Crippen molar-refractivity contribution >= 4 is 16.8 Å². The van der Waals surface area contributed by atoms with E-state index in [1.165, 1.54) is 5.56 Å². The number of nitrogens with one attached hydrogen (secondary N) is 2. The van der Waals surface area contributed by atoms with Crippen molar-refractivity contribution in [1.82, 2.24) is 10.3 Å². The van der Waals surface area contributed by atoms with Gasteiger partial charge in [-0.3, -0.25) is 4.79 Å². The third kappa shape index (κ3) is 5.22. The fourth-order valence-electron chi connectivity index (χ4n) is 4.06. The maximum Gasteiger partial charge on any atom is 0.220 e. The number of aromatic amines is 1. The molecule has 0 bridgehead atoms. The number of benzene rings is 2. The zero-order chi connectivity index (χ0) is 22.4. The molecule has 3 aromatic rings. The van der Waals surface area contributed by atoms with E-state index in [-0.39, 0.29) is 11.8 Å². The van der Waals surface area contributed by atoms with E-state index in [1.807, 2.05) is 24.4 Å². The number of carbonyl (C=O) groups is 1. The number of para-hydroxylation sites is 1. The third-order valence-electron chi connectivity index (χ3n) is 5.83. The first-order valence-corrected chi connectivity index (χ1v) is 11.1. The van der Waals surface area contributed by atoms with Crippen LogP contribution in [0.15, 0.2) is 42.6 Å². The summed E-state index contributed by atoms with van der Waals surface area (Å²) in [7, 11) is 3.26. The Labute approximate surface area is 185 Å². The average molecular weight is 423 g/mol. The summed E-state index contributed by atoms with van der Waals surface area (Å²) in [6, 6.07) is 12.3. The van der Waals surface area contributed by atoms with Crippen LogP contribution in [0.2, 0.25) is 0 Å². The van der Waals surface area contributed by atoms with Crippen LogP contribution < -0.4 is 14.8 Å². The molecule has 31 heavy (non-hydrogen) atoms. The van der Waals surface area contributed by atoms with Gasteiger partial charge in [0.05, 0.1) is 14.2 Å². The highest BCUT2D eigenvalue weighted by molar-refractivity contribution is 5.88. The van der Waals surface area contributed by atoms with Crippen molar-refractivity contribution in [3.8, 4) is 11.5 Å². The molecule has 0 saturated heterocycles. The van der Waals surface area contributed by atoms with Crippen LogP contribution in [0.3, 0.4) is 0 Å². The summed E-state index contributed by atoms with van der Waals surface area (Å²) in [6.45, 7) is 7.18. The van der Waals surface area contributed by atoms with Gasteiger partial charge in [-0.2, -0.15) is 0 Å². The van der Waals surface area contributed by atoms with Crippen LogP contribution in [0.4, 0.5) is 0 Å². The monoisotopic (exact) mass is 422 g/mol.